The topological polar surface area (TPSA) is 45.2 Å². The van der Waals surface area contributed by atoms with Gasteiger partial charge in [0.2, 0.25) is 0 Å². The minimum absolute atomic E-state index is 0.0297. The Balaban J connectivity index is 2.09. The molecule has 0 radical (unpaired) electrons. The summed E-state index contributed by atoms with van der Waals surface area (Å²) in [6.45, 7) is 8.57. The standard InChI is InChI=1S/C17H23N3OS2/c1-17(2,3)15-18-12-9-13(20-7-5-4-6-8-20)11(19-16(21)22)10-14(12)23-15/h9-10H,4-8H2,1-3H3,(H2,19,21,22). The van der Waals surface area contributed by atoms with Crippen LogP contribution in [0.3, 0.4) is 0 Å². The number of carbonyl (C=O) groups is 1. The van der Waals surface area contributed by atoms with Crippen molar-refractivity contribution in [3.8, 4) is 0 Å². The average molecular weight is 350 g/mol. The van der Waals surface area contributed by atoms with Gasteiger partial charge in [0.15, 0.2) is 0 Å². The molecule has 23 heavy (non-hydrogen) atoms. The van der Waals surface area contributed by atoms with Gasteiger partial charge in [0.1, 0.15) is 0 Å². The Labute approximate surface area is 146 Å². The van der Waals surface area contributed by atoms with Crippen LogP contribution in [0.25, 0.3) is 10.2 Å². The quantitative estimate of drug-likeness (QED) is 0.746. The molecule has 1 saturated heterocycles. The van der Waals surface area contributed by atoms with Crippen LogP contribution < -0.4 is 10.2 Å². The van der Waals surface area contributed by atoms with Crippen molar-refractivity contribution in [1.29, 1.82) is 0 Å². The lowest BCUT2D eigenvalue weighted by Crippen LogP contribution is -2.30. The molecule has 1 aromatic carbocycles. The Morgan fingerprint density at radius 2 is 1.96 bits per heavy atom. The molecule has 0 aliphatic carbocycles. The Morgan fingerprint density at radius 3 is 2.57 bits per heavy atom. The van der Waals surface area contributed by atoms with Crippen molar-refractivity contribution in [2.24, 2.45) is 0 Å². The first-order chi connectivity index (χ1) is 10.8. The maximum Gasteiger partial charge on any atom is 0.280 e. The van der Waals surface area contributed by atoms with Crippen molar-refractivity contribution in [2.75, 3.05) is 23.3 Å². The molecular formula is C17H23N3OS2. The van der Waals surface area contributed by atoms with E-state index >= 15 is 0 Å². The van der Waals surface area contributed by atoms with E-state index in [4.69, 9.17) is 4.98 Å². The van der Waals surface area contributed by atoms with E-state index in [1.54, 1.807) is 11.3 Å². The zero-order valence-electron chi connectivity index (χ0n) is 13.8. The van der Waals surface area contributed by atoms with Crippen molar-refractivity contribution in [1.82, 2.24) is 4.98 Å². The van der Waals surface area contributed by atoms with Gasteiger partial charge in [0.25, 0.3) is 5.24 Å². The van der Waals surface area contributed by atoms with Crippen LogP contribution in [0, 0.1) is 0 Å². The molecule has 1 aromatic heterocycles. The molecule has 1 aliphatic heterocycles. The number of rotatable bonds is 2. The number of fused-ring (bicyclic) bond motifs is 1. The molecule has 0 bridgehead atoms. The van der Waals surface area contributed by atoms with Crippen molar-refractivity contribution in [3.05, 3.63) is 17.1 Å². The summed E-state index contributed by atoms with van der Waals surface area (Å²) in [5.74, 6) is 0. The first-order valence-electron chi connectivity index (χ1n) is 8.04. The number of thiol groups is 1. The number of nitrogens with zero attached hydrogens (tertiary/aromatic N) is 2. The first-order valence-corrected chi connectivity index (χ1v) is 9.31. The summed E-state index contributed by atoms with van der Waals surface area (Å²) in [5, 5.41) is 3.66. The van der Waals surface area contributed by atoms with Gasteiger partial charge in [-0.2, -0.15) is 0 Å². The number of anilines is 2. The van der Waals surface area contributed by atoms with E-state index in [9.17, 15) is 4.79 Å². The van der Waals surface area contributed by atoms with Gasteiger partial charge in [0, 0.05) is 18.5 Å². The highest BCUT2D eigenvalue weighted by Gasteiger charge is 2.22. The molecule has 1 amide bonds. The second kappa shape index (κ2) is 6.32. The summed E-state index contributed by atoms with van der Waals surface area (Å²) < 4.78 is 1.10. The maximum absolute atomic E-state index is 11.5. The number of hydrogen-bond donors (Lipinski definition) is 2. The maximum atomic E-state index is 11.5. The molecule has 1 fully saturated rings. The molecule has 1 aliphatic rings. The molecule has 4 nitrogen and oxygen atoms in total. The summed E-state index contributed by atoms with van der Waals surface area (Å²) in [4.78, 5) is 18.6. The highest BCUT2D eigenvalue weighted by Crippen LogP contribution is 2.38. The highest BCUT2D eigenvalue weighted by molar-refractivity contribution is 7.96. The van der Waals surface area contributed by atoms with Gasteiger partial charge in [-0.1, -0.05) is 33.4 Å². The van der Waals surface area contributed by atoms with Crippen LogP contribution >= 0.6 is 24.0 Å². The zero-order chi connectivity index (χ0) is 16.6. The molecule has 2 aromatic rings. The first kappa shape index (κ1) is 16.6. The highest BCUT2D eigenvalue weighted by atomic mass is 32.1. The molecule has 0 atom stereocenters. The summed E-state index contributed by atoms with van der Waals surface area (Å²) in [6, 6.07) is 4.16. The van der Waals surface area contributed by atoms with Crippen LogP contribution in [0.15, 0.2) is 12.1 Å². The molecular weight excluding hydrogens is 326 g/mol. The number of benzene rings is 1. The molecule has 3 rings (SSSR count). The molecule has 2 heterocycles. The zero-order valence-corrected chi connectivity index (χ0v) is 15.6. The lowest BCUT2D eigenvalue weighted by Gasteiger charge is -2.30. The third-order valence-corrected chi connectivity index (χ3v) is 5.64. The fraction of sp³-hybridized carbons (Fsp3) is 0.529. The minimum atomic E-state index is -0.330. The van der Waals surface area contributed by atoms with E-state index in [-0.39, 0.29) is 10.7 Å². The number of hydrogen-bond acceptors (Lipinski definition) is 4. The summed E-state index contributed by atoms with van der Waals surface area (Å²) in [5.41, 5.74) is 2.94. The van der Waals surface area contributed by atoms with E-state index < -0.39 is 0 Å². The number of amides is 1. The van der Waals surface area contributed by atoms with Gasteiger partial charge >= 0.3 is 0 Å². The summed E-state index contributed by atoms with van der Waals surface area (Å²) in [6.07, 6.45) is 3.66. The van der Waals surface area contributed by atoms with E-state index in [0.717, 1.165) is 39.7 Å². The van der Waals surface area contributed by atoms with Gasteiger partial charge in [-0.3, -0.25) is 4.79 Å². The van der Waals surface area contributed by atoms with Gasteiger partial charge in [0.05, 0.1) is 26.6 Å². The van der Waals surface area contributed by atoms with Crippen LogP contribution in [0.5, 0.6) is 0 Å². The Morgan fingerprint density at radius 1 is 1.26 bits per heavy atom. The summed E-state index contributed by atoms with van der Waals surface area (Å²) >= 11 is 5.58. The van der Waals surface area contributed by atoms with E-state index in [1.807, 2.05) is 6.07 Å². The van der Waals surface area contributed by atoms with Crippen molar-refractivity contribution in [2.45, 2.75) is 45.4 Å². The van der Waals surface area contributed by atoms with Gasteiger partial charge in [-0.05, 0) is 31.4 Å². The number of thiazole rings is 1. The fourth-order valence-corrected chi connectivity index (χ4v) is 4.06. The SMILES string of the molecule is CC(C)(C)c1nc2cc(N3CCCCC3)c(NC(=O)S)cc2s1. The van der Waals surface area contributed by atoms with E-state index in [0.29, 0.717) is 0 Å². The third kappa shape index (κ3) is 3.63. The molecule has 1 N–H and O–H groups in total. The lowest BCUT2D eigenvalue weighted by atomic mass is 9.98. The second-order valence-electron chi connectivity index (χ2n) is 7.08. The third-order valence-electron chi connectivity index (χ3n) is 4.09. The van der Waals surface area contributed by atoms with Gasteiger partial charge in [-0.25, -0.2) is 4.98 Å². The van der Waals surface area contributed by atoms with Crippen LogP contribution in [-0.2, 0) is 5.41 Å². The van der Waals surface area contributed by atoms with Crippen LogP contribution in [0.2, 0.25) is 0 Å². The normalized spacial score (nSPS) is 15.9. The molecule has 6 heteroatoms. The molecule has 124 valence electrons. The Hall–Kier alpha value is -1.27. The van der Waals surface area contributed by atoms with Crippen LogP contribution in [0.4, 0.5) is 16.2 Å². The van der Waals surface area contributed by atoms with Gasteiger partial charge < -0.3 is 10.2 Å². The van der Waals surface area contributed by atoms with Crippen LogP contribution in [-0.4, -0.2) is 23.3 Å². The molecule has 0 saturated carbocycles. The number of piperidine rings is 1. The average Bonchev–Trinajstić information content (AvgIpc) is 2.90. The molecule has 0 unspecified atom stereocenters. The fourth-order valence-electron chi connectivity index (χ4n) is 2.90. The number of aromatic nitrogens is 1. The van der Waals surface area contributed by atoms with Crippen molar-refractivity contribution >= 4 is 50.8 Å². The van der Waals surface area contributed by atoms with E-state index in [1.165, 1.54) is 19.3 Å². The predicted octanol–water partition coefficient (Wildman–Crippen LogP) is 5.05. The lowest BCUT2D eigenvalue weighted by molar-refractivity contribution is 0.270. The smallest absolute Gasteiger partial charge is 0.280 e. The number of carbonyl (C=O) groups excluding carboxylic acids is 1. The largest absolute Gasteiger partial charge is 0.370 e. The minimum Gasteiger partial charge on any atom is -0.370 e. The monoisotopic (exact) mass is 349 g/mol. The van der Waals surface area contributed by atoms with E-state index in [2.05, 4.69) is 49.7 Å². The van der Waals surface area contributed by atoms with Crippen LogP contribution in [0.1, 0.15) is 45.0 Å². The van der Waals surface area contributed by atoms with Crippen molar-refractivity contribution < 1.29 is 4.79 Å². The molecule has 0 spiro atoms. The predicted molar refractivity (Wildman–Crippen MR) is 102 cm³/mol. The number of nitrogens with one attached hydrogen (secondary N) is 1. The Bertz CT molecular complexity index is 727. The summed E-state index contributed by atoms with van der Waals surface area (Å²) in [7, 11) is 0. The van der Waals surface area contributed by atoms with Crippen molar-refractivity contribution in [3.63, 3.8) is 0 Å². The van der Waals surface area contributed by atoms with Gasteiger partial charge in [-0.15, -0.1) is 11.3 Å². The second-order valence-corrected chi connectivity index (χ2v) is 8.52. The Kier molecular flexibility index (Phi) is 4.56.